The Labute approximate surface area is 158 Å². The molecular weight excluding hydrogens is 342 g/mol. The van der Waals surface area contributed by atoms with Crippen molar-refractivity contribution >= 4 is 17.5 Å². The number of fused-ring (bicyclic) bond motifs is 1. The quantitative estimate of drug-likeness (QED) is 0.828. The van der Waals surface area contributed by atoms with Gasteiger partial charge in [0.1, 0.15) is 0 Å². The van der Waals surface area contributed by atoms with Crippen molar-refractivity contribution in [3.8, 4) is 0 Å². The molecule has 2 saturated heterocycles. The second kappa shape index (κ2) is 6.51. The summed E-state index contributed by atoms with van der Waals surface area (Å²) in [6.07, 6.45) is 9.49. The molecule has 3 aliphatic rings. The molecule has 0 radical (unpaired) electrons. The number of aromatic nitrogens is 4. The first kappa shape index (κ1) is 16.5. The molecule has 1 aliphatic carbocycles. The maximum Gasteiger partial charge on any atom is 0.324 e. The van der Waals surface area contributed by atoms with Gasteiger partial charge in [-0.25, -0.2) is 4.79 Å². The first-order valence-corrected chi connectivity index (χ1v) is 9.86. The fourth-order valence-electron chi connectivity index (χ4n) is 4.35. The Bertz CT molecular complexity index is 863. The molecule has 8 nitrogen and oxygen atoms in total. The second-order valence-electron chi connectivity index (χ2n) is 7.80. The average molecular weight is 367 g/mol. The van der Waals surface area contributed by atoms with Crippen LogP contribution >= 0.6 is 0 Å². The first-order chi connectivity index (χ1) is 13.2. The van der Waals surface area contributed by atoms with Gasteiger partial charge in [-0.05, 0) is 43.7 Å². The topological polar surface area (TPSA) is 70.4 Å². The molecule has 5 rings (SSSR count). The fraction of sp³-hybridized carbons (Fsp3) is 0.579. The zero-order valence-electron chi connectivity index (χ0n) is 15.7. The van der Waals surface area contributed by atoms with Crippen LogP contribution in [0.3, 0.4) is 0 Å². The van der Waals surface area contributed by atoms with E-state index in [1.807, 2.05) is 17.9 Å². The van der Waals surface area contributed by atoms with Crippen LogP contribution in [0.15, 0.2) is 18.5 Å². The SMILES string of the molecule is CN1CCN(c2cnn(C3CCN(c4cc5c(nn4)CCCC5)C3)c2)C1=O. The van der Waals surface area contributed by atoms with Crippen molar-refractivity contribution in [3.63, 3.8) is 0 Å². The van der Waals surface area contributed by atoms with Gasteiger partial charge in [0.2, 0.25) is 0 Å². The Morgan fingerprint density at radius 3 is 2.85 bits per heavy atom. The molecule has 142 valence electrons. The third-order valence-corrected chi connectivity index (χ3v) is 6.03. The van der Waals surface area contributed by atoms with Crippen molar-refractivity contribution in [1.82, 2.24) is 24.9 Å². The van der Waals surface area contributed by atoms with E-state index in [1.165, 1.54) is 24.1 Å². The highest BCUT2D eigenvalue weighted by Gasteiger charge is 2.30. The molecule has 8 heteroatoms. The summed E-state index contributed by atoms with van der Waals surface area (Å²) < 4.78 is 2.01. The van der Waals surface area contributed by atoms with Crippen LogP contribution in [0.5, 0.6) is 0 Å². The minimum absolute atomic E-state index is 0.0481. The lowest BCUT2D eigenvalue weighted by molar-refractivity contribution is 0.229. The lowest BCUT2D eigenvalue weighted by Crippen LogP contribution is -2.28. The molecular formula is C19H25N7O. The van der Waals surface area contributed by atoms with Gasteiger partial charge < -0.3 is 9.80 Å². The maximum atomic E-state index is 12.2. The Morgan fingerprint density at radius 1 is 1.11 bits per heavy atom. The standard InChI is InChI=1S/C19H25N7O/c1-23-8-9-25(19(23)27)16-11-20-26(13-16)15-6-7-24(12-15)18-10-14-4-2-3-5-17(14)21-22-18/h10-11,13,15H,2-9,12H2,1H3. The number of anilines is 2. The van der Waals surface area contributed by atoms with Crippen LogP contribution in [0.25, 0.3) is 0 Å². The van der Waals surface area contributed by atoms with Crippen molar-refractivity contribution in [2.24, 2.45) is 0 Å². The molecule has 2 aromatic heterocycles. The van der Waals surface area contributed by atoms with Gasteiger partial charge in [-0.15, -0.1) is 5.10 Å². The number of amides is 2. The summed E-state index contributed by atoms with van der Waals surface area (Å²) in [6, 6.07) is 2.58. The summed E-state index contributed by atoms with van der Waals surface area (Å²) >= 11 is 0. The van der Waals surface area contributed by atoms with Gasteiger partial charge in [0.15, 0.2) is 5.82 Å². The third kappa shape index (κ3) is 2.93. The summed E-state index contributed by atoms with van der Waals surface area (Å²) in [6.45, 7) is 3.32. The van der Waals surface area contributed by atoms with E-state index in [2.05, 4.69) is 26.3 Å². The molecule has 4 heterocycles. The van der Waals surface area contributed by atoms with Crippen molar-refractivity contribution in [1.29, 1.82) is 0 Å². The minimum Gasteiger partial charge on any atom is -0.353 e. The van der Waals surface area contributed by atoms with E-state index in [4.69, 9.17) is 0 Å². The molecule has 0 bridgehead atoms. The number of rotatable bonds is 3. The Morgan fingerprint density at radius 2 is 2.00 bits per heavy atom. The van der Waals surface area contributed by atoms with Gasteiger partial charge in [-0.3, -0.25) is 9.58 Å². The molecule has 2 aromatic rings. The van der Waals surface area contributed by atoms with Gasteiger partial charge in [0, 0.05) is 39.4 Å². The number of likely N-dealkylation sites (N-methyl/N-ethyl adjacent to an activating group) is 1. The van der Waals surface area contributed by atoms with Crippen molar-refractivity contribution < 1.29 is 4.79 Å². The zero-order valence-corrected chi connectivity index (χ0v) is 15.7. The summed E-state index contributed by atoms with van der Waals surface area (Å²) in [5.41, 5.74) is 3.43. The van der Waals surface area contributed by atoms with Crippen molar-refractivity contribution in [3.05, 3.63) is 29.7 Å². The van der Waals surface area contributed by atoms with E-state index in [1.54, 1.807) is 16.0 Å². The van der Waals surface area contributed by atoms with E-state index >= 15 is 0 Å². The fourth-order valence-corrected chi connectivity index (χ4v) is 4.35. The lowest BCUT2D eigenvalue weighted by Gasteiger charge is -2.20. The monoisotopic (exact) mass is 367 g/mol. The van der Waals surface area contributed by atoms with Gasteiger partial charge in [-0.2, -0.15) is 10.2 Å². The van der Waals surface area contributed by atoms with Crippen LogP contribution in [0.1, 0.15) is 36.6 Å². The predicted octanol–water partition coefficient (Wildman–Crippen LogP) is 1.88. The van der Waals surface area contributed by atoms with Crippen LogP contribution in [-0.4, -0.2) is 64.1 Å². The van der Waals surface area contributed by atoms with Crippen LogP contribution in [-0.2, 0) is 12.8 Å². The number of aryl methyl sites for hydroxylation is 2. The number of hydrogen-bond donors (Lipinski definition) is 0. The van der Waals surface area contributed by atoms with E-state index in [-0.39, 0.29) is 6.03 Å². The zero-order chi connectivity index (χ0) is 18.4. The van der Waals surface area contributed by atoms with E-state index < -0.39 is 0 Å². The van der Waals surface area contributed by atoms with Crippen LogP contribution in [0, 0.1) is 0 Å². The molecule has 0 saturated carbocycles. The first-order valence-electron chi connectivity index (χ1n) is 9.86. The molecule has 27 heavy (non-hydrogen) atoms. The molecule has 1 atom stereocenters. The van der Waals surface area contributed by atoms with E-state index in [0.717, 1.165) is 56.9 Å². The summed E-state index contributed by atoms with van der Waals surface area (Å²) in [4.78, 5) is 18.0. The Balaban J connectivity index is 1.29. The van der Waals surface area contributed by atoms with Gasteiger partial charge in [-0.1, -0.05) is 0 Å². The highest BCUT2D eigenvalue weighted by molar-refractivity contribution is 5.93. The smallest absolute Gasteiger partial charge is 0.324 e. The van der Waals surface area contributed by atoms with Crippen LogP contribution in [0.4, 0.5) is 16.3 Å². The molecule has 0 N–H and O–H groups in total. The molecule has 2 amide bonds. The highest BCUT2D eigenvalue weighted by Crippen LogP contribution is 2.29. The molecule has 0 spiro atoms. The highest BCUT2D eigenvalue weighted by atomic mass is 16.2. The number of nitrogens with zero attached hydrogens (tertiary/aromatic N) is 7. The van der Waals surface area contributed by atoms with Crippen molar-refractivity contribution in [2.45, 2.75) is 38.1 Å². The number of carbonyl (C=O) groups excluding carboxylic acids is 1. The molecule has 2 aliphatic heterocycles. The summed E-state index contributed by atoms with van der Waals surface area (Å²) in [5, 5.41) is 13.5. The second-order valence-corrected chi connectivity index (χ2v) is 7.80. The lowest BCUT2D eigenvalue weighted by atomic mass is 9.97. The number of urea groups is 1. The summed E-state index contributed by atoms with van der Waals surface area (Å²) in [7, 11) is 1.83. The molecule has 1 unspecified atom stereocenters. The summed E-state index contributed by atoms with van der Waals surface area (Å²) in [5.74, 6) is 0.988. The normalized spacial score (nSPS) is 22.6. The largest absolute Gasteiger partial charge is 0.353 e. The van der Waals surface area contributed by atoms with E-state index in [9.17, 15) is 4.79 Å². The Kier molecular flexibility index (Phi) is 3.98. The predicted molar refractivity (Wildman–Crippen MR) is 102 cm³/mol. The van der Waals surface area contributed by atoms with Crippen LogP contribution < -0.4 is 9.80 Å². The van der Waals surface area contributed by atoms with Gasteiger partial charge in [0.05, 0.1) is 23.6 Å². The average Bonchev–Trinajstić information content (AvgIpc) is 3.42. The molecule has 0 aromatic carbocycles. The van der Waals surface area contributed by atoms with Crippen molar-refractivity contribution in [2.75, 3.05) is 43.0 Å². The maximum absolute atomic E-state index is 12.2. The molecule has 2 fully saturated rings. The number of carbonyl (C=O) groups is 1. The van der Waals surface area contributed by atoms with Crippen LogP contribution in [0.2, 0.25) is 0 Å². The van der Waals surface area contributed by atoms with E-state index in [0.29, 0.717) is 6.04 Å². The minimum atomic E-state index is 0.0481. The van der Waals surface area contributed by atoms with Gasteiger partial charge in [0.25, 0.3) is 0 Å². The van der Waals surface area contributed by atoms with Gasteiger partial charge >= 0.3 is 6.03 Å². The third-order valence-electron chi connectivity index (χ3n) is 6.03. The Hall–Kier alpha value is -2.64. The number of hydrogen-bond acceptors (Lipinski definition) is 5.